The highest BCUT2D eigenvalue weighted by Crippen LogP contribution is 2.47. The van der Waals surface area contributed by atoms with Crippen molar-refractivity contribution in [3.63, 3.8) is 0 Å². The molecule has 1 saturated heterocycles. The lowest BCUT2D eigenvalue weighted by Crippen LogP contribution is -2.29. The number of fused-ring (bicyclic) bond motifs is 1. The van der Waals surface area contributed by atoms with E-state index in [9.17, 15) is 24.6 Å². The van der Waals surface area contributed by atoms with Gasteiger partial charge in [0.2, 0.25) is 0 Å². The average molecular weight is 629 g/mol. The first-order chi connectivity index (χ1) is 19.0. The number of aliphatic hydroxyl groups excluding tert-OH is 1. The van der Waals surface area contributed by atoms with Crippen LogP contribution in [0.3, 0.4) is 0 Å². The monoisotopic (exact) mass is 628 g/mol. The highest BCUT2D eigenvalue weighted by molar-refractivity contribution is 9.10. The number of methoxy groups -OCH3 is 1. The number of hydrogen-bond donors (Lipinski definition) is 2. The van der Waals surface area contributed by atoms with Crippen LogP contribution in [0.25, 0.3) is 5.76 Å². The summed E-state index contributed by atoms with van der Waals surface area (Å²) in [5.41, 5.74) is 1.71. The highest BCUT2D eigenvalue weighted by Gasteiger charge is 2.49. The fourth-order valence-electron chi connectivity index (χ4n) is 4.85. The van der Waals surface area contributed by atoms with Crippen LogP contribution in [0, 0.1) is 6.92 Å². The second-order valence-electron chi connectivity index (χ2n) is 9.31. The largest absolute Gasteiger partial charge is 0.507 e. The number of carbonyl (C=O) groups is 3. The van der Waals surface area contributed by atoms with Crippen molar-refractivity contribution < 1.29 is 38.8 Å². The van der Waals surface area contributed by atoms with Gasteiger partial charge in [-0.25, -0.2) is 9.78 Å². The smallest absolute Gasteiger partial charge is 0.350 e. The molecule has 1 amide bonds. The molecule has 10 nitrogen and oxygen atoms in total. The molecule has 0 saturated carbocycles. The number of aryl methyl sites for hydroxylation is 1. The number of amides is 1. The van der Waals surface area contributed by atoms with Crippen LogP contribution in [-0.2, 0) is 20.7 Å². The van der Waals surface area contributed by atoms with Gasteiger partial charge in [-0.15, -0.1) is 0 Å². The molecule has 1 aromatic heterocycles. The van der Waals surface area contributed by atoms with Crippen LogP contribution in [0.2, 0.25) is 0 Å². The van der Waals surface area contributed by atoms with E-state index in [1.54, 1.807) is 32.0 Å². The molecular weight excluding hydrogens is 604 g/mol. The van der Waals surface area contributed by atoms with Gasteiger partial charge in [-0.2, -0.15) is 0 Å². The number of ketones is 1. The Kier molecular flexibility index (Phi) is 7.32. The number of phenolic OH excluding ortho intramolecular Hbond substituents is 1. The number of esters is 1. The van der Waals surface area contributed by atoms with Gasteiger partial charge in [0.15, 0.2) is 16.6 Å². The zero-order valence-electron chi connectivity index (χ0n) is 22.0. The summed E-state index contributed by atoms with van der Waals surface area (Å²) in [6.07, 6.45) is 0.604. The minimum absolute atomic E-state index is 0.0264. The Morgan fingerprint density at radius 2 is 2.02 bits per heavy atom. The van der Waals surface area contributed by atoms with E-state index in [1.165, 1.54) is 19.2 Å². The van der Waals surface area contributed by atoms with Crippen molar-refractivity contribution in [1.82, 2.24) is 4.98 Å². The lowest BCUT2D eigenvalue weighted by atomic mass is 9.94. The molecule has 0 radical (unpaired) electrons. The minimum Gasteiger partial charge on any atom is -0.507 e. The van der Waals surface area contributed by atoms with E-state index in [4.69, 9.17) is 14.2 Å². The predicted molar refractivity (Wildman–Crippen MR) is 150 cm³/mol. The molecule has 2 aliphatic rings. The lowest BCUT2D eigenvalue weighted by molar-refractivity contribution is -0.132. The maximum absolute atomic E-state index is 13.6. The van der Waals surface area contributed by atoms with Crippen LogP contribution in [0.15, 0.2) is 40.4 Å². The first-order valence-electron chi connectivity index (χ1n) is 12.4. The highest BCUT2D eigenvalue weighted by atomic mass is 79.9. The summed E-state index contributed by atoms with van der Waals surface area (Å²) in [5, 5.41) is 22.0. The number of ether oxygens (including phenoxy) is 3. The second-order valence-corrected chi connectivity index (χ2v) is 11.1. The molecule has 40 heavy (non-hydrogen) atoms. The van der Waals surface area contributed by atoms with Gasteiger partial charge in [-0.05, 0) is 78.2 Å². The molecule has 0 spiro atoms. The Balaban J connectivity index is 1.72. The van der Waals surface area contributed by atoms with Crippen LogP contribution >= 0.6 is 27.3 Å². The number of anilines is 1. The van der Waals surface area contributed by atoms with E-state index >= 15 is 0 Å². The first-order valence-corrected chi connectivity index (χ1v) is 14.0. The van der Waals surface area contributed by atoms with Crippen molar-refractivity contribution in [2.75, 3.05) is 18.6 Å². The molecule has 5 rings (SSSR count). The Morgan fingerprint density at radius 3 is 2.73 bits per heavy atom. The maximum atomic E-state index is 13.6. The molecular formula is C28H25BrN2O8S. The van der Waals surface area contributed by atoms with Gasteiger partial charge in [0.25, 0.3) is 5.78 Å². The summed E-state index contributed by atoms with van der Waals surface area (Å²) in [6.45, 7) is 5.37. The third-order valence-electron chi connectivity index (χ3n) is 6.65. The van der Waals surface area contributed by atoms with Crippen molar-refractivity contribution in [2.45, 2.75) is 39.3 Å². The summed E-state index contributed by atoms with van der Waals surface area (Å²) in [5.74, 6) is -2.24. The molecule has 2 aliphatic heterocycles. The quantitative estimate of drug-likeness (QED) is 0.166. The number of hydrogen-bond acceptors (Lipinski definition) is 10. The van der Waals surface area contributed by atoms with Crippen LogP contribution in [-0.4, -0.2) is 52.7 Å². The van der Waals surface area contributed by atoms with E-state index in [2.05, 4.69) is 20.9 Å². The molecule has 3 heterocycles. The van der Waals surface area contributed by atoms with Gasteiger partial charge in [0.05, 0.1) is 35.5 Å². The van der Waals surface area contributed by atoms with Crippen LogP contribution < -0.4 is 14.4 Å². The Labute approximate surface area is 241 Å². The standard InChI is InChI=1S/C28H25BrN2O8S/c1-5-38-27(36)25-13(3)30-28(40-25)31-21(16-10-17(29)23(33)19(11-16)37-4)20(24(34)26(31)35)22(32)14-6-7-18-15(9-14)8-12(2)39-18/h6-7,9-12,21,32-33H,5,8H2,1-4H3/t12-,21+/m1/s1. The number of nitrogens with zero attached hydrogens (tertiary/aromatic N) is 2. The normalized spacial score (nSPS) is 19.5. The van der Waals surface area contributed by atoms with E-state index in [-0.39, 0.29) is 50.0 Å². The number of aromatic hydroxyl groups is 1. The Morgan fingerprint density at radius 1 is 1.27 bits per heavy atom. The van der Waals surface area contributed by atoms with E-state index in [0.29, 0.717) is 29.0 Å². The molecule has 3 aromatic rings. The molecule has 208 valence electrons. The molecule has 0 aliphatic carbocycles. The Hall–Kier alpha value is -3.90. The van der Waals surface area contributed by atoms with Gasteiger partial charge in [0.1, 0.15) is 22.5 Å². The zero-order valence-corrected chi connectivity index (χ0v) is 24.4. The van der Waals surface area contributed by atoms with Crippen LogP contribution in [0.4, 0.5) is 5.13 Å². The molecule has 2 N–H and O–H groups in total. The second kappa shape index (κ2) is 10.6. The van der Waals surface area contributed by atoms with Crippen molar-refractivity contribution in [1.29, 1.82) is 0 Å². The summed E-state index contributed by atoms with van der Waals surface area (Å²) in [6, 6.07) is 6.92. The van der Waals surface area contributed by atoms with Crippen molar-refractivity contribution in [2.24, 2.45) is 0 Å². The first kappa shape index (κ1) is 27.7. The summed E-state index contributed by atoms with van der Waals surface area (Å²) >= 11 is 4.21. The summed E-state index contributed by atoms with van der Waals surface area (Å²) in [4.78, 5) is 45.4. The van der Waals surface area contributed by atoms with Gasteiger partial charge < -0.3 is 24.4 Å². The van der Waals surface area contributed by atoms with E-state index in [0.717, 1.165) is 21.8 Å². The number of phenols is 1. The van der Waals surface area contributed by atoms with Gasteiger partial charge >= 0.3 is 11.9 Å². The zero-order chi connectivity index (χ0) is 28.9. The number of carbonyl (C=O) groups excluding carboxylic acids is 3. The molecule has 12 heteroatoms. The number of benzene rings is 2. The fraction of sp³-hybridized carbons (Fsp3) is 0.286. The number of aliphatic hydroxyl groups is 1. The Bertz CT molecular complexity index is 1600. The minimum atomic E-state index is -1.16. The van der Waals surface area contributed by atoms with Crippen LogP contribution in [0.5, 0.6) is 17.2 Å². The SMILES string of the molecule is CCOC(=O)c1sc(N2C(=O)C(=O)C(=C(O)c3ccc4c(c3)C[C@@H](C)O4)[C@@H]2c2cc(Br)c(O)c(OC)c2)nc1C. The molecule has 2 atom stereocenters. The van der Waals surface area contributed by atoms with Gasteiger partial charge in [-0.3, -0.25) is 14.5 Å². The summed E-state index contributed by atoms with van der Waals surface area (Å²) < 4.78 is 16.4. The molecule has 1 fully saturated rings. The van der Waals surface area contributed by atoms with Crippen molar-refractivity contribution >= 4 is 55.8 Å². The number of aromatic nitrogens is 1. The molecule has 0 unspecified atom stereocenters. The maximum Gasteiger partial charge on any atom is 0.350 e. The number of thiazole rings is 1. The van der Waals surface area contributed by atoms with Crippen molar-refractivity contribution in [3.8, 4) is 17.2 Å². The van der Waals surface area contributed by atoms with Gasteiger partial charge in [0, 0.05) is 12.0 Å². The third kappa shape index (κ3) is 4.60. The number of Topliss-reactive ketones (excluding diaryl/α,β-unsaturated/α-hetero) is 1. The van der Waals surface area contributed by atoms with Crippen LogP contribution in [0.1, 0.15) is 51.9 Å². The predicted octanol–water partition coefficient (Wildman–Crippen LogP) is 5.05. The topological polar surface area (TPSA) is 135 Å². The lowest BCUT2D eigenvalue weighted by Gasteiger charge is -2.24. The third-order valence-corrected chi connectivity index (χ3v) is 8.39. The number of halogens is 1. The van der Waals surface area contributed by atoms with Gasteiger partial charge in [-0.1, -0.05) is 11.3 Å². The van der Waals surface area contributed by atoms with E-state index in [1.807, 2.05) is 6.92 Å². The van der Waals surface area contributed by atoms with E-state index < -0.39 is 23.7 Å². The average Bonchev–Trinajstić information content (AvgIpc) is 3.57. The molecule has 0 bridgehead atoms. The summed E-state index contributed by atoms with van der Waals surface area (Å²) in [7, 11) is 1.37. The number of rotatable bonds is 6. The fourth-order valence-corrected chi connectivity index (χ4v) is 6.30. The van der Waals surface area contributed by atoms with Crippen molar-refractivity contribution in [3.05, 3.63) is 67.6 Å². The molecule has 2 aromatic carbocycles.